The Morgan fingerprint density at radius 1 is 0.776 bits per heavy atom. The summed E-state index contributed by atoms with van der Waals surface area (Å²) in [5.41, 5.74) is 6.17. The largest absolute Gasteiger partial charge is 0.481 e. The quantitative estimate of drug-likeness (QED) is 0.0635. The number of amides is 5. The fourth-order valence-electron chi connectivity index (χ4n) is 4.19. The molecule has 0 unspecified atom stereocenters. The molecule has 0 spiro atoms. The molecule has 1 rings (SSSR count). The number of hydrogen-bond donors (Lipinski definition) is 10. The van der Waals surface area contributed by atoms with Crippen LogP contribution in [-0.2, 0) is 44.8 Å². The number of carbonyl (C=O) groups excluding carboxylic acids is 5. The second-order valence-corrected chi connectivity index (χ2v) is 12.5. The van der Waals surface area contributed by atoms with E-state index >= 15 is 0 Å². The average Bonchev–Trinajstić information content (AvgIpc) is 3.03. The summed E-state index contributed by atoms with van der Waals surface area (Å²) in [4.78, 5) is 97.8. The summed E-state index contributed by atoms with van der Waals surface area (Å²) in [7, 11) is 0. The summed E-state index contributed by atoms with van der Waals surface area (Å²) in [6.45, 7) is 5.25. The van der Waals surface area contributed by atoms with Crippen LogP contribution in [-0.4, -0.2) is 105 Å². The van der Waals surface area contributed by atoms with Crippen molar-refractivity contribution >= 4 is 60.1 Å². The van der Waals surface area contributed by atoms with Crippen molar-refractivity contribution in [1.29, 1.82) is 0 Å². The van der Waals surface area contributed by atoms with Gasteiger partial charge < -0.3 is 47.6 Å². The van der Waals surface area contributed by atoms with Gasteiger partial charge in [-0.1, -0.05) is 57.5 Å². The van der Waals surface area contributed by atoms with Gasteiger partial charge in [0.2, 0.25) is 29.5 Å². The second kappa shape index (κ2) is 20.6. The molecule has 18 heteroatoms. The van der Waals surface area contributed by atoms with Crippen molar-refractivity contribution in [3.63, 3.8) is 0 Å². The standard InChI is InChI=1S/C31H46N6O11S/c1-4-31(2,3)14-24(39)34-20(12-17-8-6-5-7-9-17)27(43)35-19(29(45)46)10-11-23(38)33-15-18(32)26(42)36-21(13-25(40)41)28(44)37-22(16-49)30(47)48/h5-9,18-22,49H,4,10-16,32H2,1-3H3,(H,33,38)(H,34,39)(H,35,43)(H,36,42)(H,37,44)(H,40,41)(H,45,46)(H,47,48)/t18-,19-,20-,21-,22-/m0/s1. The number of hydrogen-bond acceptors (Lipinski definition) is 10. The zero-order valence-electron chi connectivity index (χ0n) is 27.6. The van der Waals surface area contributed by atoms with Gasteiger partial charge in [0.15, 0.2) is 0 Å². The first-order valence-corrected chi connectivity index (χ1v) is 16.1. The number of thiol groups is 1. The van der Waals surface area contributed by atoms with Crippen molar-refractivity contribution in [3.8, 4) is 0 Å². The molecule has 0 heterocycles. The fraction of sp³-hybridized carbons (Fsp3) is 0.548. The molecule has 0 aliphatic carbocycles. The Balaban J connectivity index is 2.82. The van der Waals surface area contributed by atoms with E-state index in [0.717, 1.165) is 5.56 Å². The lowest BCUT2D eigenvalue weighted by atomic mass is 9.86. The predicted molar refractivity (Wildman–Crippen MR) is 178 cm³/mol. The first kappa shape index (κ1) is 42.3. The smallest absolute Gasteiger partial charge is 0.327 e. The van der Waals surface area contributed by atoms with E-state index in [1.165, 1.54) is 0 Å². The molecule has 49 heavy (non-hydrogen) atoms. The summed E-state index contributed by atoms with van der Waals surface area (Å²) >= 11 is 3.80. The van der Waals surface area contributed by atoms with E-state index in [-0.39, 0.29) is 36.3 Å². The number of benzene rings is 1. The van der Waals surface area contributed by atoms with Gasteiger partial charge in [-0.2, -0.15) is 12.6 Å². The molecule has 0 bridgehead atoms. The number of nitrogens with one attached hydrogen (secondary N) is 5. The molecule has 10 N–H and O–H groups in total. The first-order valence-electron chi connectivity index (χ1n) is 15.4. The number of carbonyl (C=O) groups is 8. The minimum Gasteiger partial charge on any atom is -0.481 e. The van der Waals surface area contributed by atoms with Crippen molar-refractivity contribution in [1.82, 2.24) is 26.6 Å². The maximum atomic E-state index is 13.2. The third kappa shape index (κ3) is 16.3. The van der Waals surface area contributed by atoms with Crippen LogP contribution in [0.5, 0.6) is 0 Å². The SMILES string of the molecule is CCC(C)(C)CC(=O)N[C@@H](Cc1ccccc1)C(=O)N[C@@H](CCC(=O)NC[C@H](N)C(=O)N[C@@H](CC(=O)O)C(=O)N[C@@H](CS)C(=O)O)C(=O)O. The summed E-state index contributed by atoms with van der Waals surface area (Å²) in [5.74, 6) is -8.68. The van der Waals surface area contributed by atoms with Crippen molar-refractivity contribution in [3.05, 3.63) is 35.9 Å². The van der Waals surface area contributed by atoms with Crippen molar-refractivity contribution < 1.29 is 53.7 Å². The number of rotatable bonds is 22. The van der Waals surface area contributed by atoms with E-state index in [4.69, 9.17) is 15.9 Å². The highest BCUT2D eigenvalue weighted by Crippen LogP contribution is 2.24. The Labute approximate surface area is 288 Å². The lowest BCUT2D eigenvalue weighted by Crippen LogP contribution is -2.57. The van der Waals surface area contributed by atoms with Gasteiger partial charge in [0, 0.05) is 31.6 Å². The van der Waals surface area contributed by atoms with Crippen molar-refractivity contribution in [2.24, 2.45) is 11.1 Å². The molecular formula is C31H46N6O11S. The topological polar surface area (TPSA) is 283 Å². The monoisotopic (exact) mass is 710 g/mol. The highest BCUT2D eigenvalue weighted by molar-refractivity contribution is 7.80. The third-order valence-electron chi connectivity index (χ3n) is 7.47. The Kier molecular flexibility index (Phi) is 17.8. The van der Waals surface area contributed by atoms with Gasteiger partial charge in [0.25, 0.3) is 0 Å². The minimum atomic E-state index is -1.69. The van der Waals surface area contributed by atoms with E-state index in [0.29, 0.717) is 6.42 Å². The van der Waals surface area contributed by atoms with Crippen LogP contribution in [0.3, 0.4) is 0 Å². The van der Waals surface area contributed by atoms with E-state index in [1.54, 1.807) is 30.3 Å². The Hall–Kier alpha value is -4.71. The molecule has 1 aromatic carbocycles. The number of nitrogens with two attached hydrogens (primary N) is 1. The van der Waals surface area contributed by atoms with Gasteiger partial charge in [-0.05, 0) is 17.4 Å². The molecule has 5 atom stereocenters. The number of aliphatic carboxylic acids is 3. The van der Waals surface area contributed by atoms with Gasteiger partial charge in [0.1, 0.15) is 30.2 Å². The predicted octanol–water partition coefficient (Wildman–Crippen LogP) is -1.21. The van der Waals surface area contributed by atoms with Gasteiger partial charge in [-0.25, -0.2) is 9.59 Å². The third-order valence-corrected chi connectivity index (χ3v) is 7.84. The summed E-state index contributed by atoms with van der Waals surface area (Å²) < 4.78 is 0. The maximum absolute atomic E-state index is 13.2. The summed E-state index contributed by atoms with van der Waals surface area (Å²) in [5, 5.41) is 39.5. The van der Waals surface area contributed by atoms with Crippen LogP contribution in [0.1, 0.15) is 58.4 Å². The van der Waals surface area contributed by atoms with E-state index < -0.39 is 91.1 Å². The van der Waals surface area contributed by atoms with E-state index in [9.17, 15) is 43.5 Å². The zero-order chi connectivity index (χ0) is 37.3. The fourth-order valence-corrected chi connectivity index (χ4v) is 4.44. The van der Waals surface area contributed by atoms with Crippen molar-refractivity contribution in [2.45, 2.75) is 89.5 Å². The minimum absolute atomic E-state index is 0.0854. The Bertz CT molecular complexity index is 1340. The van der Waals surface area contributed by atoms with Crippen molar-refractivity contribution in [2.75, 3.05) is 12.3 Å². The van der Waals surface area contributed by atoms with Crippen LogP contribution in [0.4, 0.5) is 0 Å². The van der Waals surface area contributed by atoms with Gasteiger partial charge in [0.05, 0.1) is 6.42 Å². The van der Waals surface area contributed by atoms with Gasteiger partial charge in [-0.15, -0.1) is 0 Å². The maximum Gasteiger partial charge on any atom is 0.327 e. The van der Waals surface area contributed by atoms with Crippen LogP contribution in [0.15, 0.2) is 30.3 Å². The highest BCUT2D eigenvalue weighted by atomic mass is 32.1. The zero-order valence-corrected chi connectivity index (χ0v) is 28.5. The lowest BCUT2D eigenvalue weighted by molar-refractivity contribution is -0.143. The molecule has 5 amide bonds. The molecule has 0 aliphatic heterocycles. The average molecular weight is 711 g/mol. The summed E-state index contributed by atoms with van der Waals surface area (Å²) in [6, 6.07) is 1.56. The lowest BCUT2D eigenvalue weighted by Gasteiger charge is -2.25. The molecule has 17 nitrogen and oxygen atoms in total. The van der Waals surface area contributed by atoms with E-state index in [1.807, 2.05) is 20.8 Å². The number of carboxylic acid groups (broad SMARTS) is 3. The molecule has 0 aromatic heterocycles. The molecule has 1 aromatic rings. The first-order chi connectivity index (χ1) is 22.9. The van der Waals surface area contributed by atoms with E-state index in [2.05, 4.69) is 39.2 Å². The van der Waals surface area contributed by atoms with Gasteiger partial charge in [-0.3, -0.25) is 28.8 Å². The van der Waals surface area contributed by atoms with Crippen LogP contribution in [0.25, 0.3) is 0 Å². The van der Waals surface area contributed by atoms with Crippen LogP contribution >= 0.6 is 12.6 Å². The molecule has 0 fully saturated rings. The number of carboxylic acids is 3. The summed E-state index contributed by atoms with van der Waals surface area (Å²) in [6.07, 6.45) is -0.745. The second-order valence-electron chi connectivity index (χ2n) is 12.1. The van der Waals surface area contributed by atoms with Gasteiger partial charge >= 0.3 is 17.9 Å². The Morgan fingerprint density at radius 2 is 1.33 bits per heavy atom. The molecular weight excluding hydrogens is 664 g/mol. The highest BCUT2D eigenvalue weighted by Gasteiger charge is 2.31. The molecule has 0 saturated heterocycles. The Morgan fingerprint density at radius 3 is 1.86 bits per heavy atom. The molecule has 272 valence electrons. The molecule has 0 radical (unpaired) electrons. The molecule has 0 saturated carbocycles. The molecule has 0 aliphatic rings. The normalized spacial score (nSPS) is 14.1. The van der Waals surface area contributed by atoms with Crippen LogP contribution < -0.4 is 32.3 Å². The van der Waals surface area contributed by atoms with Crippen LogP contribution in [0.2, 0.25) is 0 Å². The van der Waals surface area contributed by atoms with Crippen LogP contribution in [0, 0.1) is 5.41 Å².